The van der Waals surface area contributed by atoms with Gasteiger partial charge in [0.2, 0.25) is 0 Å². The lowest BCUT2D eigenvalue weighted by molar-refractivity contribution is -0.161. The van der Waals surface area contributed by atoms with E-state index < -0.39 is 18.2 Å². The average Bonchev–Trinajstić information content (AvgIpc) is 2.70. The normalized spacial score (nSPS) is 19.4. The SMILES string of the molecule is CCOC(=O)c1cn2c(n1)CNC(C(F)(F)F)C2. The van der Waals surface area contributed by atoms with Crippen molar-refractivity contribution in [1.29, 1.82) is 0 Å². The largest absolute Gasteiger partial charge is 0.461 e. The van der Waals surface area contributed by atoms with Gasteiger partial charge in [-0.25, -0.2) is 9.78 Å². The summed E-state index contributed by atoms with van der Waals surface area (Å²) in [4.78, 5) is 15.3. The number of carbonyl (C=O) groups excluding carboxylic acids is 1. The van der Waals surface area contributed by atoms with Crippen molar-refractivity contribution < 1.29 is 22.7 Å². The molecule has 1 aliphatic heterocycles. The first-order chi connectivity index (χ1) is 8.41. The Hall–Kier alpha value is -1.57. The molecule has 0 bridgehead atoms. The van der Waals surface area contributed by atoms with Crippen molar-refractivity contribution in [3.8, 4) is 0 Å². The maximum absolute atomic E-state index is 12.5. The summed E-state index contributed by atoms with van der Waals surface area (Å²) >= 11 is 0. The number of aromatic nitrogens is 2. The van der Waals surface area contributed by atoms with E-state index in [0.717, 1.165) is 0 Å². The zero-order valence-corrected chi connectivity index (χ0v) is 9.62. The van der Waals surface area contributed by atoms with E-state index >= 15 is 0 Å². The summed E-state index contributed by atoms with van der Waals surface area (Å²) in [6.45, 7) is 1.54. The van der Waals surface area contributed by atoms with Crippen molar-refractivity contribution in [2.24, 2.45) is 0 Å². The molecule has 5 nitrogen and oxygen atoms in total. The lowest BCUT2D eigenvalue weighted by atomic mass is 10.2. The summed E-state index contributed by atoms with van der Waals surface area (Å²) in [7, 11) is 0. The Kier molecular flexibility index (Phi) is 3.29. The molecule has 0 saturated carbocycles. The fourth-order valence-electron chi connectivity index (χ4n) is 1.75. The van der Waals surface area contributed by atoms with E-state index in [9.17, 15) is 18.0 Å². The third-order valence-electron chi connectivity index (χ3n) is 2.62. The highest BCUT2D eigenvalue weighted by molar-refractivity contribution is 5.87. The van der Waals surface area contributed by atoms with Gasteiger partial charge in [0.15, 0.2) is 5.69 Å². The molecule has 0 radical (unpaired) electrons. The van der Waals surface area contributed by atoms with Gasteiger partial charge in [-0.15, -0.1) is 0 Å². The Morgan fingerprint density at radius 1 is 1.67 bits per heavy atom. The molecular weight excluding hydrogens is 251 g/mol. The van der Waals surface area contributed by atoms with Crippen molar-refractivity contribution in [3.63, 3.8) is 0 Å². The topological polar surface area (TPSA) is 56.2 Å². The molecule has 0 aliphatic carbocycles. The van der Waals surface area contributed by atoms with Crippen LogP contribution in [0.4, 0.5) is 13.2 Å². The zero-order valence-electron chi connectivity index (χ0n) is 9.62. The van der Waals surface area contributed by atoms with Crippen LogP contribution in [0.1, 0.15) is 23.2 Å². The van der Waals surface area contributed by atoms with Crippen LogP contribution in [0.3, 0.4) is 0 Å². The Bertz CT molecular complexity index is 456. The maximum Gasteiger partial charge on any atom is 0.405 e. The summed E-state index contributed by atoms with van der Waals surface area (Å²) in [6.07, 6.45) is -3.01. The molecular formula is C10H12F3N3O2. The van der Waals surface area contributed by atoms with Crippen LogP contribution in [0.15, 0.2) is 6.20 Å². The van der Waals surface area contributed by atoms with Crippen LogP contribution in [0.2, 0.25) is 0 Å². The highest BCUT2D eigenvalue weighted by Crippen LogP contribution is 2.24. The number of nitrogens with one attached hydrogen (secondary N) is 1. The van der Waals surface area contributed by atoms with Crippen molar-refractivity contribution >= 4 is 5.97 Å². The first-order valence-electron chi connectivity index (χ1n) is 5.45. The van der Waals surface area contributed by atoms with Crippen LogP contribution in [-0.4, -0.2) is 34.3 Å². The van der Waals surface area contributed by atoms with Gasteiger partial charge in [-0.2, -0.15) is 13.2 Å². The molecule has 0 fully saturated rings. The standard InChI is InChI=1S/C10H12F3N3O2/c1-2-18-9(17)6-4-16-5-7(10(11,12)13)14-3-8(16)15-6/h4,7,14H,2-3,5H2,1H3. The Labute approximate surface area is 101 Å². The molecule has 1 aliphatic rings. The summed E-state index contributed by atoms with van der Waals surface area (Å²) in [5, 5.41) is 2.34. The summed E-state index contributed by atoms with van der Waals surface area (Å²) in [5.74, 6) is -0.221. The van der Waals surface area contributed by atoms with Crippen molar-refractivity contribution in [1.82, 2.24) is 14.9 Å². The first kappa shape index (κ1) is 12.9. The molecule has 18 heavy (non-hydrogen) atoms. The Morgan fingerprint density at radius 2 is 2.39 bits per heavy atom. The van der Waals surface area contributed by atoms with Gasteiger partial charge < -0.3 is 9.30 Å². The second kappa shape index (κ2) is 4.60. The second-order valence-corrected chi connectivity index (χ2v) is 3.89. The second-order valence-electron chi connectivity index (χ2n) is 3.89. The molecule has 100 valence electrons. The van der Waals surface area contributed by atoms with Crippen molar-refractivity contribution in [2.45, 2.75) is 32.2 Å². The maximum atomic E-state index is 12.5. The van der Waals surface area contributed by atoms with E-state index in [0.29, 0.717) is 5.82 Å². The highest BCUT2D eigenvalue weighted by Gasteiger charge is 2.41. The average molecular weight is 263 g/mol. The van der Waals surface area contributed by atoms with E-state index in [1.165, 1.54) is 10.8 Å². The van der Waals surface area contributed by atoms with Gasteiger partial charge >= 0.3 is 12.1 Å². The van der Waals surface area contributed by atoms with Crippen LogP contribution in [0, 0.1) is 0 Å². The molecule has 8 heteroatoms. The highest BCUT2D eigenvalue weighted by atomic mass is 19.4. The lowest BCUT2D eigenvalue weighted by Crippen LogP contribution is -2.48. The van der Waals surface area contributed by atoms with Crippen LogP contribution in [0.25, 0.3) is 0 Å². The van der Waals surface area contributed by atoms with Crippen LogP contribution in [-0.2, 0) is 17.8 Å². The van der Waals surface area contributed by atoms with Crippen LogP contribution in [0.5, 0.6) is 0 Å². The number of nitrogens with zero attached hydrogens (tertiary/aromatic N) is 2. The van der Waals surface area contributed by atoms with Gasteiger partial charge in [0, 0.05) is 12.7 Å². The number of hydrogen-bond acceptors (Lipinski definition) is 4. The molecule has 0 spiro atoms. The summed E-state index contributed by atoms with van der Waals surface area (Å²) in [6, 6.07) is -1.62. The van der Waals surface area contributed by atoms with E-state index in [1.54, 1.807) is 6.92 Å². The molecule has 0 aromatic carbocycles. The van der Waals surface area contributed by atoms with Gasteiger partial charge in [0.1, 0.15) is 11.9 Å². The molecule has 1 atom stereocenters. The number of imidazole rings is 1. The quantitative estimate of drug-likeness (QED) is 0.812. The van der Waals surface area contributed by atoms with Crippen molar-refractivity contribution in [2.75, 3.05) is 6.61 Å². The third kappa shape index (κ3) is 2.47. The van der Waals surface area contributed by atoms with Gasteiger partial charge in [-0.05, 0) is 6.92 Å². The number of ether oxygens (including phenoxy) is 1. The minimum absolute atomic E-state index is 0.0242. The third-order valence-corrected chi connectivity index (χ3v) is 2.62. The van der Waals surface area contributed by atoms with Crippen LogP contribution >= 0.6 is 0 Å². The summed E-state index contributed by atoms with van der Waals surface area (Å²) < 4.78 is 43.7. The van der Waals surface area contributed by atoms with Gasteiger partial charge in [-0.3, -0.25) is 5.32 Å². The van der Waals surface area contributed by atoms with Crippen molar-refractivity contribution in [3.05, 3.63) is 17.7 Å². The molecule has 1 aromatic rings. The number of rotatable bonds is 2. The van der Waals surface area contributed by atoms with E-state index in [4.69, 9.17) is 4.74 Å². The van der Waals surface area contributed by atoms with Gasteiger partial charge in [0.05, 0.1) is 13.2 Å². The number of fused-ring (bicyclic) bond motifs is 1. The number of alkyl halides is 3. The van der Waals surface area contributed by atoms with Crippen LogP contribution < -0.4 is 5.32 Å². The molecule has 1 N–H and O–H groups in total. The number of halogens is 3. The fraction of sp³-hybridized carbons (Fsp3) is 0.600. The number of carbonyl (C=O) groups is 1. The number of hydrogen-bond donors (Lipinski definition) is 1. The monoisotopic (exact) mass is 263 g/mol. The molecule has 2 rings (SSSR count). The molecule has 2 heterocycles. The summed E-state index contributed by atoms with van der Waals surface area (Å²) in [5.41, 5.74) is 0.0384. The van der Waals surface area contributed by atoms with Gasteiger partial charge in [-0.1, -0.05) is 0 Å². The molecule has 0 amide bonds. The first-order valence-corrected chi connectivity index (χ1v) is 5.45. The van der Waals surface area contributed by atoms with E-state index in [2.05, 4.69) is 10.3 Å². The minimum Gasteiger partial charge on any atom is -0.461 e. The minimum atomic E-state index is -4.31. The fourth-order valence-corrected chi connectivity index (χ4v) is 1.75. The molecule has 1 aromatic heterocycles. The Morgan fingerprint density at radius 3 is 3.00 bits per heavy atom. The van der Waals surface area contributed by atoms with Gasteiger partial charge in [0.25, 0.3) is 0 Å². The van der Waals surface area contributed by atoms with E-state index in [1.807, 2.05) is 0 Å². The molecule has 0 saturated heterocycles. The smallest absolute Gasteiger partial charge is 0.405 e. The lowest BCUT2D eigenvalue weighted by Gasteiger charge is -2.26. The number of esters is 1. The Balaban J connectivity index is 2.16. The van der Waals surface area contributed by atoms with E-state index in [-0.39, 0.29) is 25.4 Å². The predicted octanol–water partition coefficient (Wildman–Crippen LogP) is 1.09. The molecule has 1 unspecified atom stereocenters. The predicted molar refractivity (Wildman–Crippen MR) is 54.9 cm³/mol. The zero-order chi connectivity index (χ0) is 13.3.